The molecule has 0 aliphatic heterocycles. The van der Waals surface area contributed by atoms with Crippen LogP contribution in [-0.4, -0.2) is 9.97 Å². The minimum Gasteiger partial charge on any atom is -0.324 e. The number of aromatic nitrogens is 2. The molecule has 2 N–H and O–H groups in total. The Morgan fingerprint density at radius 2 is 1.91 bits per heavy atom. The first-order valence-corrected chi connectivity index (χ1v) is 3.75. The van der Waals surface area contributed by atoms with Gasteiger partial charge in [-0.05, 0) is 11.5 Å². The summed E-state index contributed by atoms with van der Waals surface area (Å²) in [6.07, 6.45) is 3.67. The maximum Gasteiger partial charge on any atom is 0.141 e. The maximum absolute atomic E-state index is 5.35. The third kappa shape index (κ3) is 1.98. The monoisotopic (exact) mass is 151 g/mol. The topological polar surface area (TPSA) is 51.8 Å². The molecule has 0 aliphatic rings. The van der Waals surface area contributed by atoms with E-state index in [1.54, 1.807) is 0 Å². The highest BCUT2D eigenvalue weighted by molar-refractivity contribution is 5.09. The van der Waals surface area contributed by atoms with Crippen LogP contribution >= 0.6 is 0 Å². The van der Waals surface area contributed by atoms with E-state index in [2.05, 4.69) is 23.8 Å². The van der Waals surface area contributed by atoms with Crippen molar-refractivity contribution in [1.82, 2.24) is 9.97 Å². The number of hydrogen-bond acceptors (Lipinski definition) is 3. The van der Waals surface area contributed by atoms with Gasteiger partial charge in [0.25, 0.3) is 0 Å². The van der Waals surface area contributed by atoms with E-state index in [1.807, 2.05) is 12.4 Å². The minimum absolute atomic E-state index is 0.415. The molecule has 3 nitrogen and oxygen atoms in total. The molecular weight excluding hydrogens is 138 g/mol. The van der Waals surface area contributed by atoms with E-state index in [-0.39, 0.29) is 0 Å². The average molecular weight is 151 g/mol. The summed E-state index contributed by atoms with van der Waals surface area (Å²) in [6.45, 7) is 4.64. The lowest BCUT2D eigenvalue weighted by Gasteiger charge is -2.03. The van der Waals surface area contributed by atoms with Crippen molar-refractivity contribution in [2.24, 2.45) is 5.73 Å². The molecule has 11 heavy (non-hydrogen) atoms. The van der Waals surface area contributed by atoms with Crippen LogP contribution in [0.1, 0.15) is 31.2 Å². The first-order chi connectivity index (χ1) is 5.24. The van der Waals surface area contributed by atoms with Crippen molar-refractivity contribution in [1.29, 1.82) is 0 Å². The van der Waals surface area contributed by atoms with Crippen LogP contribution in [0, 0.1) is 0 Å². The van der Waals surface area contributed by atoms with Gasteiger partial charge in [-0.1, -0.05) is 13.8 Å². The zero-order valence-electron chi connectivity index (χ0n) is 6.91. The predicted molar refractivity (Wildman–Crippen MR) is 44.0 cm³/mol. The Hall–Kier alpha value is -0.960. The van der Waals surface area contributed by atoms with Crippen molar-refractivity contribution >= 4 is 0 Å². The zero-order valence-corrected chi connectivity index (χ0v) is 6.91. The first-order valence-electron chi connectivity index (χ1n) is 3.75. The van der Waals surface area contributed by atoms with Crippen LogP contribution in [-0.2, 0) is 6.54 Å². The third-order valence-corrected chi connectivity index (χ3v) is 1.57. The van der Waals surface area contributed by atoms with Crippen molar-refractivity contribution in [2.75, 3.05) is 0 Å². The van der Waals surface area contributed by atoms with E-state index >= 15 is 0 Å². The van der Waals surface area contributed by atoms with Crippen LogP contribution in [0.15, 0.2) is 12.4 Å². The smallest absolute Gasteiger partial charge is 0.141 e. The second-order valence-electron chi connectivity index (χ2n) is 2.79. The Balaban J connectivity index is 2.83. The van der Waals surface area contributed by atoms with Crippen LogP contribution < -0.4 is 5.73 Å². The standard InChI is InChI=1S/C8H13N3/c1-6(2)7-4-10-8(3-9)11-5-7/h4-6H,3,9H2,1-2H3. The Morgan fingerprint density at radius 3 is 2.27 bits per heavy atom. The predicted octanol–water partition coefficient (Wildman–Crippen LogP) is 1.06. The molecule has 0 saturated carbocycles. The van der Waals surface area contributed by atoms with E-state index in [0.717, 1.165) is 5.56 Å². The van der Waals surface area contributed by atoms with Crippen molar-refractivity contribution in [3.05, 3.63) is 23.8 Å². The number of rotatable bonds is 2. The van der Waals surface area contributed by atoms with Gasteiger partial charge in [0, 0.05) is 12.4 Å². The van der Waals surface area contributed by atoms with E-state index in [4.69, 9.17) is 5.73 Å². The summed E-state index contributed by atoms with van der Waals surface area (Å²) in [6, 6.07) is 0. The number of nitrogens with zero attached hydrogens (tertiary/aromatic N) is 2. The molecule has 60 valence electrons. The van der Waals surface area contributed by atoms with Gasteiger partial charge in [0.2, 0.25) is 0 Å². The minimum atomic E-state index is 0.415. The van der Waals surface area contributed by atoms with E-state index in [1.165, 1.54) is 0 Å². The van der Waals surface area contributed by atoms with Crippen molar-refractivity contribution in [2.45, 2.75) is 26.3 Å². The van der Waals surface area contributed by atoms with E-state index in [9.17, 15) is 0 Å². The van der Waals surface area contributed by atoms with Gasteiger partial charge < -0.3 is 5.73 Å². The van der Waals surface area contributed by atoms with Crippen LogP contribution in [0.2, 0.25) is 0 Å². The average Bonchev–Trinajstić information content (AvgIpc) is 2.05. The fourth-order valence-corrected chi connectivity index (χ4v) is 0.768. The summed E-state index contributed by atoms with van der Waals surface area (Å²) >= 11 is 0. The van der Waals surface area contributed by atoms with Gasteiger partial charge in [0.1, 0.15) is 5.82 Å². The van der Waals surface area contributed by atoms with Crippen molar-refractivity contribution in [3.8, 4) is 0 Å². The summed E-state index contributed by atoms with van der Waals surface area (Å²) in [5.74, 6) is 1.19. The highest BCUT2D eigenvalue weighted by atomic mass is 14.9. The van der Waals surface area contributed by atoms with Crippen LogP contribution in [0.3, 0.4) is 0 Å². The van der Waals surface area contributed by atoms with Gasteiger partial charge in [-0.2, -0.15) is 0 Å². The molecule has 0 spiro atoms. The Bertz CT molecular complexity index is 215. The molecule has 0 amide bonds. The lowest BCUT2D eigenvalue weighted by molar-refractivity contribution is 0.819. The molecule has 1 aromatic rings. The van der Waals surface area contributed by atoms with Gasteiger partial charge in [-0.3, -0.25) is 0 Å². The quantitative estimate of drug-likeness (QED) is 0.687. The largest absolute Gasteiger partial charge is 0.324 e. The molecule has 0 saturated heterocycles. The van der Waals surface area contributed by atoms with Crippen LogP contribution in [0.25, 0.3) is 0 Å². The van der Waals surface area contributed by atoms with Gasteiger partial charge in [0.15, 0.2) is 0 Å². The maximum atomic E-state index is 5.35. The molecule has 0 unspecified atom stereocenters. The number of hydrogen-bond donors (Lipinski definition) is 1. The molecular formula is C8H13N3. The Morgan fingerprint density at radius 1 is 1.36 bits per heavy atom. The molecule has 0 aromatic carbocycles. The summed E-state index contributed by atoms with van der Waals surface area (Å²) < 4.78 is 0. The second kappa shape index (κ2) is 3.44. The van der Waals surface area contributed by atoms with Gasteiger partial charge in [0.05, 0.1) is 6.54 Å². The first kappa shape index (κ1) is 8.14. The van der Waals surface area contributed by atoms with Gasteiger partial charge >= 0.3 is 0 Å². The van der Waals surface area contributed by atoms with E-state index < -0.39 is 0 Å². The zero-order chi connectivity index (χ0) is 8.27. The van der Waals surface area contributed by atoms with E-state index in [0.29, 0.717) is 18.3 Å². The fraction of sp³-hybridized carbons (Fsp3) is 0.500. The highest BCUT2D eigenvalue weighted by Crippen LogP contribution is 2.10. The Kier molecular flexibility index (Phi) is 2.54. The molecule has 1 rings (SSSR count). The normalized spacial score (nSPS) is 10.5. The highest BCUT2D eigenvalue weighted by Gasteiger charge is 1.99. The van der Waals surface area contributed by atoms with Gasteiger partial charge in [-0.25, -0.2) is 9.97 Å². The molecule has 0 atom stereocenters. The SMILES string of the molecule is CC(C)c1cnc(CN)nc1. The molecule has 0 radical (unpaired) electrons. The third-order valence-electron chi connectivity index (χ3n) is 1.57. The lowest BCUT2D eigenvalue weighted by atomic mass is 10.1. The molecule has 0 aliphatic carbocycles. The molecule has 1 heterocycles. The second-order valence-corrected chi connectivity index (χ2v) is 2.79. The van der Waals surface area contributed by atoms with Crippen molar-refractivity contribution < 1.29 is 0 Å². The van der Waals surface area contributed by atoms with Crippen molar-refractivity contribution in [3.63, 3.8) is 0 Å². The Labute approximate surface area is 66.7 Å². The number of nitrogens with two attached hydrogens (primary N) is 1. The lowest BCUT2D eigenvalue weighted by Crippen LogP contribution is -2.03. The van der Waals surface area contributed by atoms with Gasteiger partial charge in [-0.15, -0.1) is 0 Å². The van der Waals surface area contributed by atoms with Crippen LogP contribution in [0.4, 0.5) is 0 Å². The summed E-state index contributed by atoms with van der Waals surface area (Å²) in [5.41, 5.74) is 6.51. The molecule has 3 heteroatoms. The summed E-state index contributed by atoms with van der Waals surface area (Å²) in [7, 11) is 0. The summed E-state index contributed by atoms with van der Waals surface area (Å²) in [5, 5.41) is 0. The molecule has 0 bridgehead atoms. The molecule has 0 fully saturated rings. The molecule has 1 aromatic heterocycles. The summed E-state index contributed by atoms with van der Waals surface area (Å²) in [4.78, 5) is 8.16. The van der Waals surface area contributed by atoms with Crippen LogP contribution in [0.5, 0.6) is 0 Å². The fourth-order valence-electron chi connectivity index (χ4n) is 0.768.